The fourth-order valence-electron chi connectivity index (χ4n) is 2.14. The van der Waals surface area contributed by atoms with Gasteiger partial charge in [-0.2, -0.15) is 4.31 Å². The third-order valence-electron chi connectivity index (χ3n) is 3.26. The number of piperidine rings is 1. The number of hydrogen-bond acceptors (Lipinski definition) is 3. The lowest BCUT2D eigenvalue weighted by atomic mass is 9.99. The SMILES string of the molecule is O=C(O)C1CCN(S(=O)(=O)c2ccccc2Cl)CC1. The molecule has 0 radical (unpaired) electrons. The summed E-state index contributed by atoms with van der Waals surface area (Å²) < 4.78 is 26.1. The number of carbonyl (C=O) groups is 1. The number of halogens is 1. The molecule has 1 N–H and O–H groups in total. The van der Waals surface area contributed by atoms with Gasteiger partial charge in [-0.3, -0.25) is 4.79 Å². The van der Waals surface area contributed by atoms with Gasteiger partial charge in [-0.05, 0) is 25.0 Å². The summed E-state index contributed by atoms with van der Waals surface area (Å²) in [5.74, 6) is -1.33. The van der Waals surface area contributed by atoms with Gasteiger partial charge < -0.3 is 5.11 Å². The molecule has 0 aliphatic carbocycles. The second-order valence-corrected chi connectivity index (χ2v) is 6.76. The van der Waals surface area contributed by atoms with Crippen LogP contribution in [0.1, 0.15) is 12.8 Å². The molecule has 0 bridgehead atoms. The average molecular weight is 304 g/mol. The molecule has 0 unspecified atom stereocenters. The van der Waals surface area contributed by atoms with E-state index in [-0.39, 0.29) is 23.0 Å². The molecule has 1 heterocycles. The van der Waals surface area contributed by atoms with Gasteiger partial charge in [-0.1, -0.05) is 23.7 Å². The normalized spacial score (nSPS) is 18.4. The minimum absolute atomic E-state index is 0.0745. The molecule has 0 aromatic heterocycles. The topological polar surface area (TPSA) is 74.7 Å². The van der Waals surface area contributed by atoms with Crippen molar-refractivity contribution in [3.05, 3.63) is 29.3 Å². The molecule has 1 aromatic rings. The van der Waals surface area contributed by atoms with Crippen LogP contribution in [0, 0.1) is 5.92 Å². The second kappa shape index (κ2) is 5.48. The van der Waals surface area contributed by atoms with Crippen LogP contribution in [0.15, 0.2) is 29.2 Å². The maximum absolute atomic E-state index is 12.4. The Morgan fingerprint density at radius 1 is 1.26 bits per heavy atom. The number of benzene rings is 1. The summed E-state index contributed by atoms with van der Waals surface area (Å²) in [4.78, 5) is 10.9. The van der Waals surface area contributed by atoms with E-state index in [4.69, 9.17) is 16.7 Å². The maximum atomic E-state index is 12.4. The Kier molecular flexibility index (Phi) is 4.13. The van der Waals surface area contributed by atoms with Gasteiger partial charge in [-0.15, -0.1) is 0 Å². The molecule has 2 rings (SSSR count). The lowest BCUT2D eigenvalue weighted by molar-refractivity contribution is -0.142. The fourth-order valence-corrected chi connectivity index (χ4v) is 4.10. The van der Waals surface area contributed by atoms with Crippen molar-refractivity contribution in [3.8, 4) is 0 Å². The number of carboxylic acids is 1. The summed E-state index contributed by atoms with van der Waals surface area (Å²) in [6.07, 6.45) is 0.665. The third-order valence-corrected chi connectivity index (χ3v) is 5.66. The van der Waals surface area contributed by atoms with Crippen LogP contribution in [-0.2, 0) is 14.8 Å². The van der Waals surface area contributed by atoms with E-state index < -0.39 is 21.9 Å². The van der Waals surface area contributed by atoms with E-state index in [9.17, 15) is 13.2 Å². The van der Waals surface area contributed by atoms with Crippen LogP contribution < -0.4 is 0 Å². The molecular formula is C12H14ClNO4S. The predicted molar refractivity (Wildman–Crippen MR) is 70.6 cm³/mol. The van der Waals surface area contributed by atoms with Crippen molar-refractivity contribution < 1.29 is 18.3 Å². The monoisotopic (exact) mass is 303 g/mol. The summed E-state index contributed by atoms with van der Waals surface area (Å²) in [7, 11) is -3.63. The molecule has 0 atom stereocenters. The Bertz CT molecular complexity index is 579. The van der Waals surface area contributed by atoms with E-state index in [1.807, 2.05) is 0 Å². The number of aliphatic carboxylic acids is 1. The van der Waals surface area contributed by atoms with Crippen molar-refractivity contribution in [1.82, 2.24) is 4.31 Å². The number of rotatable bonds is 3. The molecule has 1 fully saturated rings. The van der Waals surface area contributed by atoms with E-state index in [1.54, 1.807) is 12.1 Å². The molecule has 19 heavy (non-hydrogen) atoms. The molecule has 7 heteroatoms. The Labute approximate surface area is 116 Å². The molecule has 0 amide bonds. The van der Waals surface area contributed by atoms with Crippen LogP contribution in [-0.4, -0.2) is 36.9 Å². The zero-order valence-electron chi connectivity index (χ0n) is 10.1. The highest BCUT2D eigenvalue weighted by Gasteiger charge is 2.32. The highest BCUT2D eigenvalue weighted by atomic mass is 35.5. The molecule has 0 saturated carbocycles. The molecule has 0 spiro atoms. The lowest BCUT2D eigenvalue weighted by Gasteiger charge is -2.29. The van der Waals surface area contributed by atoms with Crippen LogP contribution >= 0.6 is 11.6 Å². The predicted octanol–water partition coefficient (Wildman–Crippen LogP) is 1.83. The van der Waals surface area contributed by atoms with Gasteiger partial charge in [0.25, 0.3) is 0 Å². The van der Waals surface area contributed by atoms with Crippen molar-refractivity contribution in [2.24, 2.45) is 5.92 Å². The molecule has 1 aromatic carbocycles. The van der Waals surface area contributed by atoms with E-state index in [1.165, 1.54) is 16.4 Å². The average Bonchev–Trinajstić information content (AvgIpc) is 2.39. The van der Waals surface area contributed by atoms with Crippen molar-refractivity contribution in [2.45, 2.75) is 17.7 Å². The molecule has 1 saturated heterocycles. The number of sulfonamides is 1. The number of carboxylic acid groups (broad SMARTS) is 1. The highest BCUT2D eigenvalue weighted by molar-refractivity contribution is 7.89. The molecule has 1 aliphatic rings. The van der Waals surface area contributed by atoms with Gasteiger partial charge in [0.2, 0.25) is 10.0 Å². The maximum Gasteiger partial charge on any atom is 0.306 e. The van der Waals surface area contributed by atoms with Crippen molar-refractivity contribution in [2.75, 3.05) is 13.1 Å². The Morgan fingerprint density at radius 2 is 1.84 bits per heavy atom. The quantitative estimate of drug-likeness (QED) is 0.924. The fraction of sp³-hybridized carbons (Fsp3) is 0.417. The summed E-state index contributed by atoms with van der Waals surface area (Å²) in [5, 5.41) is 9.08. The van der Waals surface area contributed by atoms with E-state index in [0.717, 1.165) is 0 Å². The first-order valence-electron chi connectivity index (χ1n) is 5.90. The van der Waals surface area contributed by atoms with Gasteiger partial charge in [0, 0.05) is 13.1 Å². The van der Waals surface area contributed by atoms with Gasteiger partial charge in [0.05, 0.1) is 10.9 Å². The van der Waals surface area contributed by atoms with E-state index >= 15 is 0 Å². The Hall–Kier alpha value is -1.11. The summed E-state index contributed by atoms with van der Waals surface area (Å²) >= 11 is 5.91. The smallest absolute Gasteiger partial charge is 0.306 e. The van der Waals surface area contributed by atoms with E-state index in [0.29, 0.717) is 12.8 Å². The highest BCUT2D eigenvalue weighted by Crippen LogP contribution is 2.27. The lowest BCUT2D eigenvalue weighted by Crippen LogP contribution is -2.40. The Morgan fingerprint density at radius 3 is 2.37 bits per heavy atom. The largest absolute Gasteiger partial charge is 0.481 e. The zero-order valence-corrected chi connectivity index (χ0v) is 11.7. The first-order valence-corrected chi connectivity index (χ1v) is 7.72. The second-order valence-electron chi connectivity index (χ2n) is 4.45. The van der Waals surface area contributed by atoms with E-state index in [2.05, 4.69) is 0 Å². The Balaban J connectivity index is 2.19. The zero-order chi connectivity index (χ0) is 14.0. The molecule has 5 nitrogen and oxygen atoms in total. The van der Waals surface area contributed by atoms with Crippen LogP contribution in [0.4, 0.5) is 0 Å². The van der Waals surface area contributed by atoms with Gasteiger partial charge in [-0.25, -0.2) is 8.42 Å². The van der Waals surface area contributed by atoms with Crippen LogP contribution in [0.2, 0.25) is 5.02 Å². The number of nitrogens with zero attached hydrogens (tertiary/aromatic N) is 1. The third kappa shape index (κ3) is 2.91. The summed E-state index contributed by atoms with van der Waals surface area (Å²) in [6.45, 7) is 0.426. The number of hydrogen-bond donors (Lipinski definition) is 1. The summed E-state index contributed by atoms with van der Waals surface area (Å²) in [5.41, 5.74) is 0. The van der Waals surface area contributed by atoms with Crippen LogP contribution in [0.5, 0.6) is 0 Å². The van der Waals surface area contributed by atoms with Crippen molar-refractivity contribution in [3.63, 3.8) is 0 Å². The van der Waals surface area contributed by atoms with Crippen molar-refractivity contribution in [1.29, 1.82) is 0 Å². The van der Waals surface area contributed by atoms with Crippen LogP contribution in [0.25, 0.3) is 0 Å². The minimum Gasteiger partial charge on any atom is -0.481 e. The molecule has 104 valence electrons. The molecular weight excluding hydrogens is 290 g/mol. The van der Waals surface area contributed by atoms with Gasteiger partial charge in [0.15, 0.2) is 0 Å². The standard InChI is InChI=1S/C12H14ClNO4S/c13-10-3-1-2-4-11(10)19(17,18)14-7-5-9(6-8-14)12(15)16/h1-4,9H,5-8H2,(H,15,16). The van der Waals surface area contributed by atoms with Gasteiger partial charge in [0.1, 0.15) is 4.90 Å². The van der Waals surface area contributed by atoms with Gasteiger partial charge >= 0.3 is 5.97 Å². The first-order chi connectivity index (χ1) is 8.93. The minimum atomic E-state index is -3.63. The first kappa shape index (κ1) is 14.3. The molecule has 1 aliphatic heterocycles. The van der Waals surface area contributed by atoms with Crippen molar-refractivity contribution >= 4 is 27.6 Å². The summed E-state index contributed by atoms with van der Waals surface area (Å²) in [6, 6.07) is 6.26. The van der Waals surface area contributed by atoms with Crippen LogP contribution in [0.3, 0.4) is 0 Å².